The number of ether oxygens (including phenoxy) is 4. The Balaban J connectivity index is 1.16. The molecule has 0 spiro atoms. The van der Waals surface area contributed by atoms with Gasteiger partial charge < -0.3 is 23.4 Å². The van der Waals surface area contributed by atoms with Crippen molar-refractivity contribution in [3.63, 3.8) is 0 Å². The van der Waals surface area contributed by atoms with E-state index in [0.717, 1.165) is 52.8 Å². The lowest BCUT2D eigenvalue weighted by molar-refractivity contribution is -0.161. The Hall–Kier alpha value is -4.07. The van der Waals surface area contributed by atoms with Gasteiger partial charge in [-0.1, -0.05) is 44.2 Å². The Morgan fingerprint density at radius 2 is 1.61 bits per heavy atom. The van der Waals surface area contributed by atoms with Crippen LogP contribution in [0, 0.1) is 11.8 Å². The molecule has 1 saturated carbocycles. The maximum Gasteiger partial charge on any atom is 0.320 e. The number of unbranched alkanes of at least 4 members (excludes halogenated alkanes) is 2. The molecule has 1 aliphatic carbocycles. The van der Waals surface area contributed by atoms with Crippen molar-refractivity contribution in [2.45, 2.75) is 71.6 Å². The lowest BCUT2D eigenvalue weighted by atomic mass is 9.90. The highest BCUT2D eigenvalue weighted by atomic mass is 16.6. The highest BCUT2D eigenvalue weighted by Crippen LogP contribution is 2.34. The summed E-state index contributed by atoms with van der Waals surface area (Å²) in [4.78, 5) is 29.1. The van der Waals surface area contributed by atoms with Crippen LogP contribution in [0.15, 0.2) is 59.0 Å². The van der Waals surface area contributed by atoms with E-state index in [0.29, 0.717) is 36.8 Å². The molecule has 0 N–H and O–H groups in total. The van der Waals surface area contributed by atoms with Crippen molar-refractivity contribution >= 4 is 33.8 Å². The molecule has 0 unspecified atom stereocenters. The lowest BCUT2D eigenvalue weighted by Crippen LogP contribution is -2.28. The van der Waals surface area contributed by atoms with Crippen LogP contribution in [0.5, 0.6) is 11.5 Å². The number of carbonyl (C=O) groups excluding carboxylic acids is 2. The number of rotatable bonds is 15. The SMILES string of the molecule is CCOC(=O)C(CCCCCOc1ccc2c(-c3nc4ccc(OCC5CCCCC5)cc4o3)cccc2c1)C(=O)OCC. The van der Waals surface area contributed by atoms with Crippen LogP contribution in [0.3, 0.4) is 0 Å². The summed E-state index contributed by atoms with van der Waals surface area (Å²) in [5.41, 5.74) is 2.44. The Kier molecular flexibility index (Phi) is 11.1. The van der Waals surface area contributed by atoms with Gasteiger partial charge in [-0.15, -0.1) is 0 Å². The number of fused-ring (bicyclic) bond motifs is 2. The summed E-state index contributed by atoms with van der Waals surface area (Å²) in [6, 6.07) is 18.0. The fraction of sp³-hybridized carbons (Fsp3) is 0.472. The van der Waals surface area contributed by atoms with Gasteiger partial charge >= 0.3 is 11.9 Å². The van der Waals surface area contributed by atoms with E-state index in [2.05, 4.69) is 6.07 Å². The molecular weight excluding hydrogens is 558 g/mol. The molecule has 44 heavy (non-hydrogen) atoms. The van der Waals surface area contributed by atoms with Crippen molar-refractivity contribution in [1.29, 1.82) is 0 Å². The number of oxazole rings is 1. The molecule has 234 valence electrons. The molecule has 8 heteroatoms. The first-order chi connectivity index (χ1) is 21.6. The minimum absolute atomic E-state index is 0.237. The summed E-state index contributed by atoms with van der Waals surface area (Å²) in [5.74, 6) is 0.924. The molecule has 4 aromatic rings. The normalized spacial score (nSPS) is 13.8. The van der Waals surface area contributed by atoms with Gasteiger partial charge in [0.05, 0.1) is 26.4 Å². The van der Waals surface area contributed by atoms with Crippen LogP contribution >= 0.6 is 0 Å². The quantitative estimate of drug-likeness (QED) is 0.0763. The fourth-order valence-corrected chi connectivity index (χ4v) is 5.85. The van der Waals surface area contributed by atoms with Crippen LogP contribution in [-0.2, 0) is 19.1 Å². The predicted octanol–water partition coefficient (Wildman–Crippen LogP) is 8.29. The summed E-state index contributed by atoms with van der Waals surface area (Å²) < 4.78 is 28.5. The van der Waals surface area contributed by atoms with Crippen molar-refractivity contribution in [2.24, 2.45) is 11.8 Å². The van der Waals surface area contributed by atoms with E-state index in [1.807, 2.05) is 48.5 Å². The summed E-state index contributed by atoms with van der Waals surface area (Å²) in [5, 5.41) is 2.06. The van der Waals surface area contributed by atoms with Gasteiger partial charge in [0.25, 0.3) is 0 Å². The average Bonchev–Trinajstić information content (AvgIpc) is 3.47. The largest absolute Gasteiger partial charge is 0.494 e. The Labute approximate surface area is 259 Å². The van der Waals surface area contributed by atoms with E-state index in [1.165, 1.54) is 32.1 Å². The van der Waals surface area contributed by atoms with E-state index >= 15 is 0 Å². The Bertz CT molecular complexity index is 1520. The van der Waals surface area contributed by atoms with Crippen molar-refractivity contribution < 1.29 is 33.0 Å². The summed E-state index contributed by atoms with van der Waals surface area (Å²) in [7, 11) is 0. The van der Waals surface area contributed by atoms with E-state index in [4.69, 9.17) is 28.3 Å². The summed E-state index contributed by atoms with van der Waals surface area (Å²) >= 11 is 0. The first-order valence-corrected chi connectivity index (χ1v) is 16.1. The maximum absolute atomic E-state index is 12.2. The Morgan fingerprint density at radius 1 is 0.864 bits per heavy atom. The van der Waals surface area contributed by atoms with Crippen molar-refractivity contribution in [1.82, 2.24) is 4.98 Å². The third kappa shape index (κ3) is 8.10. The monoisotopic (exact) mass is 601 g/mol. The molecule has 3 aromatic carbocycles. The number of nitrogens with zero attached hydrogens (tertiary/aromatic N) is 1. The molecule has 1 fully saturated rings. The van der Waals surface area contributed by atoms with Gasteiger partial charge in [0.2, 0.25) is 5.89 Å². The zero-order valence-electron chi connectivity index (χ0n) is 25.8. The number of hydrogen-bond acceptors (Lipinski definition) is 8. The Morgan fingerprint density at radius 3 is 2.39 bits per heavy atom. The molecule has 8 nitrogen and oxygen atoms in total. The van der Waals surface area contributed by atoms with E-state index in [9.17, 15) is 9.59 Å². The lowest BCUT2D eigenvalue weighted by Gasteiger charge is -2.21. The smallest absolute Gasteiger partial charge is 0.320 e. The zero-order valence-corrected chi connectivity index (χ0v) is 25.8. The number of carbonyl (C=O) groups is 2. The van der Waals surface area contributed by atoms with E-state index in [1.54, 1.807) is 13.8 Å². The number of esters is 2. The number of hydrogen-bond donors (Lipinski definition) is 0. The zero-order chi connectivity index (χ0) is 30.7. The van der Waals surface area contributed by atoms with Gasteiger partial charge in [-0.05, 0) is 92.6 Å². The van der Waals surface area contributed by atoms with E-state index in [-0.39, 0.29) is 13.2 Å². The van der Waals surface area contributed by atoms with Crippen LogP contribution in [0.25, 0.3) is 33.3 Å². The molecule has 1 aliphatic rings. The molecule has 1 heterocycles. The van der Waals surface area contributed by atoms with Gasteiger partial charge in [-0.3, -0.25) is 9.59 Å². The third-order valence-electron chi connectivity index (χ3n) is 8.20. The fourth-order valence-electron chi connectivity index (χ4n) is 5.85. The predicted molar refractivity (Wildman–Crippen MR) is 170 cm³/mol. The van der Waals surface area contributed by atoms with Crippen LogP contribution in [-0.4, -0.2) is 43.4 Å². The van der Waals surface area contributed by atoms with Gasteiger partial charge in [-0.2, -0.15) is 0 Å². The second kappa shape index (κ2) is 15.6. The standard InChI is InChI=1S/C36H43NO7/c1-3-40-35(38)31(36(39)41-4-2)15-9-6-10-21-42-27-17-19-29-26(22-27)14-11-16-30(29)34-37-32-20-18-28(23-33(32)44-34)43-24-25-12-7-5-8-13-25/h11,14,16-20,22-23,25,31H,3-10,12-13,15,21,24H2,1-2H3. The number of benzene rings is 3. The van der Waals surface area contributed by atoms with Crippen LogP contribution in [0.2, 0.25) is 0 Å². The second-order valence-electron chi connectivity index (χ2n) is 11.4. The summed E-state index contributed by atoms with van der Waals surface area (Å²) in [6.45, 7) is 5.22. The maximum atomic E-state index is 12.2. The molecule has 0 amide bonds. The van der Waals surface area contributed by atoms with Crippen LogP contribution in [0.4, 0.5) is 0 Å². The molecule has 5 rings (SSSR count). The molecule has 0 bridgehead atoms. The molecule has 0 aliphatic heterocycles. The van der Waals surface area contributed by atoms with Crippen molar-refractivity contribution in [3.8, 4) is 23.0 Å². The third-order valence-corrected chi connectivity index (χ3v) is 8.20. The highest BCUT2D eigenvalue weighted by molar-refractivity contribution is 5.96. The average molecular weight is 602 g/mol. The number of aromatic nitrogens is 1. The topological polar surface area (TPSA) is 97.1 Å². The van der Waals surface area contributed by atoms with Gasteiger partial charge in [0.1, 0.15) is 17.0 Å². The highest BCUT2D eigenvalue weighted by Gasteiger charge is 2.28. The van der Waals surface area contributed by atoms with Crippen LogP contribution in [0.1, 0.15) is 71.6 Å². The minimum Gasteiger partial charge on any atom is -0.494 e. The molecule has 0 atom stereocenters. The first-order valence-electron chi connectivity index (χ1n) is 16.1. The van der Waals surface area contributed by atoms with Gasteiger partial charge in [0.15, 0.2) is 11.5 Å². The minimum atomic E-state index is -0.867. The van der Waals surface area contributed by atoms with Crippen molar-refractivity contribution in [3.05, 3.63) is 54.6 Å². The molecular formula is C36H43NO7. The molecule has 0 radical (unpaired) electrons. The van der Waals surface area contributed by atoms with E-state index < -0.39 is 17.9 Å². The first kappa shape index (κ1) is 31.4. The molecule has 1 aromatic heterocycles. The van der Waals surface area contributed by atoms with Gasteiger partial charge in [0, 0.05) is 11.6 Å². The molecule has 0 saturated heterocycles. The van der Waals surface area contributed by atoms with Gasteiger partial charge in [-0.25, -0.2) is 4.98 Å². The second-order valence-corrected chi connectivity index (χ2v) is 11.4. The van der Waals surface area contributed by atoms with Crippen LogP contribution < -0.4 is 9.47 Å². The van der Waals surface area contributed by atoms with Crippen molar-refractivity contribution in [2.75, 3.05) is 26.4 Å². The summed E-state index contributed by atoms with van der Waals surface area (Å²) in [6.07, 6.45) is 9.17.